The SMILES string of the molecule is C=C/C=C(\C)S/C=N\C. The van der Waals surface area contributed by atoms with Crippen molar-refractivity contribution < 1.29 is 0 Å². The maximum absolute atomic E-state index is 3.82. The first-order valence-electron chi connectivity index (χ1n) is 2.68. The molecule has 0 rings (SSSR count). The van der Waals surface area contributed by atoms with Gasteiger partial charge in [-0.15, -0.1) is 0 Å². The van der Waals surface area contributed by atoms with Crippen molar-refractivity contribution in [2.45, 2.75) is 6.92 Å². The highest BCUT2D eigenvalue weighted by atomic mass is 32.2. The summed E-state index contributed by atoms with van der Waals surface area (Å²) >= 11 is 1.60. The summed E-state index contributed by atoms with van der Waals surface area (Å²) in [4.78, 5) is 5.03. The highest BCUT2D eigenvalue weighted by Crippen LogP contribution is 2.10. The summed E-state index contributed by atoms with van der Waals surface area (Å²) in [5.41, 5.74) is 1.80. The molecule has 0 N–H and O–H groups in total. The molecule has 1 nitrogen and oxygen atoms in total. The van der Waals surface area contributed by atoms with Crippen molar-refractivity contribution in [3.05, 3.63) is 23.6 Å². The van der Waals surface area contributed by atoms with Gasteiger partial charge >= 0.3 is 0 Å². The maximum Gasteiger partial charge on any atom is 0.0582 e. The summed E-state index contributed by atoms with van der Waals surface area (Å²) in [6, 6.07) is 0. The summed E-state index contributed by atoms with van der Waals surface area (Å²) in [7, 11) is 1.76. The van der Waals surface area contributed by atoms with Crippen molar-refractivity contribution in [3.63, 3.8) is 0 Å². The van der Waals surface area contributed by atoms with E-state index in [-0.39, 0.29) is 0 Å². The van der Waals surface area contributed by atoms with Gasteiger partial charge in [0.05, 0.1) is 5.55 Å². The quantitative estimate of drug-likeness (QED) is 0.334. The average molecular weight is 141 g/mol. The minimum absolute atomic E-state index is 1.20. The van der Waals surface area contributed by atoms with Crippen molar-refractivity contribution in [2.24, 2.45) is 4.99 Å². The van der Waals surface area contributed by atoms with Gasteiger partial charge in [0.1, 0.15) is 0 Å². The molecule has 0 aliphatic heterocycles. The highest BCUT2D eigenvalue weighted by molar-refractivity contribution is 8.15. The first-order chi connectivity index (χ1) is 4.31. The third kappa shape index (κ3) is 5.37. The second-order valence-corrected chi connectivity index (χ2v) is 2.58. The van der Waals surface area contributed by atoms with E-state index in [4.69, 9.17) is 0 Å². The molecule has 9 heavy (non-hydrogen) atoms. The molecular weight excluding hydrogens is 130 g/mol. The van der Waals surface area contributed by atoms with Gasteiger partial charge in [0, 0.05) is 7.05 Å². The van der Waals surface area contributed by atoms with Crippen molar-refractivity contribution in [1.29, 1.82) is 0 Å². The molecular formula is C7H11NS. The van der Waals surface area contributed by atoms with E-state index in [0.29, 0.717) is 0 Å². The second-order valence-electron chi connectivity index (χ2n) is 1.49. The number of rotatable bonds is 3. The molecule has 0 saturated heterocycles. The highest BCUT2D eigenvalue weighted by Gasteiger charge is 1.80. The molecule has 0 amide bonds. The smallest absolute Gasteiger partial charge is 0.0582 e. The van der Waals surface area contributed by atoms with Crippen LogP contribution in [0.1, 0.15) is 6.92 Å². The molecule has 0 saturated carbocycles. The number of hydrogen-bond donors (Lipinski definition) is 0. The zero-order chi connectivity index (χ0) is 7.11. The first-order valence-corrected chi connectivity index (χ1v) is 3.56. The molecule has 0 aromatic rings. The van der Waals surface area contributed by atoms with Crippen LogP contribution in [0.25, 0.3) is 0 Å². The Labute approximate surface area is 60.6 Å². The predicted molar refractivity (Wildman–Crippen MR) is 46.0 cm³/mol. The number of thioether (sulfide) groups is 1. The van der Waals surface area contributed by atoms with E-state index in [2.05, 4.69) is 11.6 Å². The van der Waals surface area contributed by atoms with Crippen LogP contribution in [0.2, 0.25) is 0 Å². The topological polar surface area (TPSA) is 12.4 Å². The Hall–Kier alpha value is -0.500. The Kier molecular flexibility index (Phi) is 5.32. The fourth-order valence-electron chi connectivity index (χ4n) is 0.341. The van der Waals surface area contributed by atoms with Gasteiger partial charge in [0.25, 0.3) is 0 Å². The lowest BCUT2D eigenvalue weighted by Gasteiger charge is -1.88. The van der Waals surface area contributed by atoms with Crippen LogP contribution in [0, 0.1) is 0 Å². The van der Waals surface area contributed by atoms with Gasteiger partial charge in [0.15, 0.2) is 0 Å². The molecule has 0 aromatic carbocycles. The summed E-state index contributed by atoms with van der Waals surface area (Å²) in [6.45, 7) is 5.60. The van der Waals surface area contributed by atoms with E-state index in [1.54, 1.807) is 30.4 Å². The largest absolute Gasteiger partial charge is 0.289 e. The van der Waals surface area contributed by atoms with Crippen LogP contribution >= 0.6 is 11.8 Å². The maximum atomic E-state index is 3.82. The molecule has 0 unspecified atom stereocenters. The Morgan fingerprint density at radius 2 is 2.33 bits per heavy atom. The minimum atomic E-state index is 1.20. The van der Waals surface area contributed by atoms with Crippen molar-refractivity contribution in [1.82, 2.24) is 0 Å². The zero-order valence-electron chi connectivity index (χ0n) is 5.79. The molecule has 0 fully saturated rings. The Morgan fingerprint density at radius 3 is 2.78 bits per heavy atom. The minimum Gasteiger partial charge on any atom is -0.289 e. The van der Waals surface area contributed by atoms with Crippen LogP contribution in [-0.2, 0) is 0 Å². The van der Waals surface area contributed by atoms with Gasteiger partial charge in [-0.2, -0.15) is 0 Å². The Bertz CT molecular complexity index is 136. The molecule has 0 atom stereocenters. The molecule has 2 heteroatoms. The van der Waals surface area contributed by atoms with Gasteiger partial charge in [-0.1, -0.05) is 30.5 Å². The van der Waals surface area contributed by atoms with E-state index in [9.17, 15) is 0 Å². The fourth-order valence-corrected chi connectivity index (χ4v) is 0.788. The van der Waals surface area contributed by atoms with E-state index in [1.165, 1.54) is 4.91 Å². The van der Waals surface area contributed by atoms with Crippen LogP contribution in [0.4, 0.5) is 0 Å². The molecule has 0 heterocycles. The number of nitrogens with zero attached hydrogens (tertiary/aromatic N) is 1. The summed E-state index contributed by atoms with van der Waals surface area (Å²) in [5.74, 6) is 0. The van der Waals surface area contributed by atoms with Gasteiger partial charge in [-0.05, 0) is 11.8 Å². The van der Waals surface area contributed by atoms with E-state index in [1.807, 2.05) is 13.0 Å². The van der Waals surface area contributed by atoms with Crippen molar-refractivity contribution in [3.8, 4) is 0 Å². The number of aliphatic imine (C=N–C) groups is 1. The molecule has 0 aliphatic rings. The zero-order valence-corrected chi connectivity index (χ0v) is 6.61. The Morgan fingerprint density at radius 1 is 1.67 bits per heavy atom. The van der Waals surface area contributed by atoms with E-state index >= 15 is 0 Å². The van der Waals surface area contributed by atoms with Crippen LogP contribution in [0.15, 0.2) is 28.6 Å². The summed E-state index contributed by atoms with van der Waals surface area (Å²) < 4.78 is 0. The van der Waals surface area contributed by atoms with Crippen LogP contribution < -0.4 is 0 Å². The van der Waals surface area contributed by atoms with Crippen LogP contribution in [0.5, 0.6) is 0 Å². The second kappa shape index (κ2) is 5.63. The molecule has 0 bridgehead atoms. The third-order valence-electron chi connectivity index (χ3n) is 0.697. The summed E-state index contributed by atoms with van der Waals surface area (Å²) in [5, 5.41) is 0. The lowest BCUT2D eigenvalue weighted by atomic mass is 10.5. The monoisotopic (exact) mass is 141 g/mol. The average Bonchev–Trinajstić information content (AvgIpc) is 1.85. The predicted octanol–water partition coefficient (Wildman–Crippen LogP) is 2.47. The van der Waals surface area contributed by atoms with Gasteiger partial charge in [-0.3, -0.25) is 4.99 Å². The standard InChI is InChI=1S/C7H11NS/c1-4-5-7(2)9-6-8-3/h4-6H,1H2,2-3H3/b7-5+,8-6-. The lowest BCUT2D eigenvalue weighted by Crippen LogP contribution is -1.65. The molecule has 0 radical (unpaired) electrons. The van der Waals surface area contributed by atoms with Crippen LogP contribution in [0.3, 0.4) is 0 Å². The Balaban J connectivity index is 3.61. The van der Waals surface area contributed by atoms with Gasteiger partial charge in [0.2, 0.25) is 0 Å². The third-order valence-corrected chi connectivity index (χ3v) is 1.52. The molecule has 0 aliphatic carbocycles. The van der Waals surface area contributed by atoms with Crippen molar-refractivity contribution in [2.75, 3.05) is 7.05 Å². The van der Waals surface area contributed by atoms with E-state index < -0.39 is 0 Å². The summed E-state index contributed by atoms with van der Waals surface area (Å²) in [6.07, 6.45) is 3.72. The van der Waals surface area contributed by atoms with Gasteiger partial charge < -0.3 is 0 Å². The van der Waals surface area contributed by atoms with Crippen molar-refractivity contribution >= 4 is 17.3 Å². The number of hydrogen-bond acceptors (Lipinski definition) is 2. The van der Waals surface area contributed by atoms with E-state index in [0.717, 1.165) is 0 Å². The van der Waals surface area contributed by atoms with Gasteiger partial charge in [-0.25, -0.2) is 0 Å². The number of allylic oxidation sites excluding steroid dienone is 3. The normalized spacial score (nSPS) is 12.4. The first kappa shape index (κ1) is 8.50. The lowest BCUT2D eigenvalue weighted by molar-refractivity contribution is 1.49. The fraction of sp³-hybridized carbons (Fsp3) is 0.286. The molecule has 0 aromatic heterocycles. The molecule has 0 spiro atoms. The van der Waals surface area contributed by atoms with Crippen LogP contribution in [-0.4, -0.2) is 12.6 Å². The molecule has 50 valence electrons.